The van der Waals surface area contributed by atoms with Crippen molar-refractivity contribution in [2.45, 2.75) is 18.0 Å². The number of pyridine rings is 1. The van der Waals surface area contributed by atoms with E-state index in [1.54, 1.807) is 17.8 Å². The van der Waals surface area contributed by atoms with Gasteiger partial charge in [-0.15, -0.1) is 11.8 Å². The Bertz CT molecular complexity index is 837. The van der Waals surface area contributed by atoms with E-state index in [-0.39, 0.29) is 12.4 Å². The van der Waals surface area contributed by atoms with E-state index in [0.717, 1.165) is 17.6 Å². The number of hydrogen-bond acceptors (Lipinski definition) is 5. The third kappa shape index (κ3) is 4.51. The van der Waals surface area contributed by atoms with Gasteiger partial charge in [-0.1, -0.05) is 30.3 Å². The molecule has 0 bridgehead atoms. The third-order valence-corrected chi connectivity index (χ3v) is 4.87. The second-order valence-electron chi connectivity index (χ2n) is 5.93. The fourth-order valence-electron chi connectivity index (χ4n) is 2.83. The molecule has 0 aliphatic carbocycles. The molecule has 0 amide bonds. The van der Waals surface area contributed by atoms with Crippen LogP contribution in [0.1, 0.15) is 11.3 Å². The maximum Gasteiger partial charge on any atom is 0.141 e. The van der Waals surface area contributed by atoms with Gasteiger partial charge in [0.1, 0.15) is 11.3 Å². The fourth-order valence-corrected chi connectivity index (χ4v) is 3.24. The summed E-state index contributed by atoms with van der Waals surface area (Å²) in [7, 11) is 0. The first-order chi connectivity index (χ1) is 12.2. The lowest BCUT2D eigenvalue weighted by Crippen LogP contribution is -2.26. The van der Waals surface area contributed by atoms with Crippen LogP contribution in [-0.4, -0.2) is 39.5 Å². The Balaban J connectivity index is 1.77. The molecule has 1 heterocycles. The molecule has 0 spiro atoms. The first-order valence-electron chi connectivity index (χ1n) is 8.23. The van der Waals surface area contributed by atoms with Gasteiger partial charge in [0.25, 0.3) is 0 Å². The van der Waals surface area contributed by atoms with Gasteiger partial charge in [-0.25, -0.2) is 4.98 Å². The molecule has 0 aliphatic heterocycles. The van der Waals surface area contributed by atoms with Crippen LogP contribution in [0.15, 0.2) is 59.5 Å². The number of hydrogen-bond donors (Lipinski definition) is 2. The van der Waals surface area contributed by atoms with Crippen LogP contribution in [0.2, 0.25) is 0 Å². The number of para-hydroxylation sites is 1. The number of aliphatic hydroxyl groups is 1. The predicted octanol–water partition coefficient (Wildman–Crippen LogP) is 3.66. The van der Waals surface area contributed by atoms with Crippen molar-refractivity contribution in [2.75, 3.05) is 19.4 Å². The van der Waals surface area contributed by atoms with E-state index in [4.69, 9.17) is 0 Å². The lowest BCUT2D eigenvalue weighted by molar-refractivity contribution is 0.183. The highest BCUT2D eigenvalue weighted by Gasteiger charge is 2.09. The number of fused-ring (bicyclic) bond motifs is 1. The summed E-state index contributed by atoms with van der Waals surface area (Å²) in [5.74, 6) is 0.195. The summed E-state index contributed by atoms with van der Waals surface area (Å²) in [4.78, 5) is 7.98. The molecule has 4 nitrogen and oxygen atoms in total. The minimum atomic E-state index is 0.0989. The van der Waals surface area contributed by atoms with Gasteiger partial charge in [0.05, 0.1) is 12.3 Å². The van der Waals surface area contributed by atoms with Gasteiger partial charge >= 0.3 is 0 Å². The van der Waals surface area contributed by atoms with Crippen LogP contribution < -0.4 is 0 Å². The summed E-state index contributed by atoms with van der Waals surface area (Å²) >= 11 is 1.72. The van der Waals surface area contributed by atoms with Gasteiger partial charge < -0.3 is 10.2 Å². The first kappa shape index (κ1) is 17.7. The molecule has 130 valence electrons. The number of phenolic OH excluding ortho intramolecular Hbond substituents is 1. The van der Waals surface area contributed by atoms with E-state index < -0.39 is 0 Å². The molecule has 0 atom stereocenters. The molecule has 2 N–H and O–H groups in total. The topological polar surface area (TPSA) is 56.6 Å². The highest BCUT2D eigenvalue weighted by atomic mass is 32.2. The largest absolute Gasteiger partial charge is 0.506 e. The minimum Gasteiger partial charge on any atom is -0.506 e. The van der Waals surface area contributed by atoms with Crippen molar-refractivity contribution in [2.24, 2.45) is 0 Å². The summed E-state index contributed by atoms with van der Waals surface area (Å²) in [6, 6.07) is 17.8. The van der Waals surface area contributed by atoms with E-state index >= 15 is 0 Å². The highest BCUT2D eigenvalue weighted by molar-refractivity contribution is 7.98. The minimum absolute atomic E-state index is 0.0989. The summed E-state index contributed by atoms with van der Waals surface area (Å²) in [5.41, 5.74) is 2.70. The van der Waals surface area contributed by atoms with Gasteiger partial charge in [0.15, 0.2) is 0 Å². The number of nitrogens with zero attached hydrogens (tertiary/aromatic N) is 2. The number of phenols is 1. The Hall–Kier alpha value is -2.08. The number of aliphatic hydroxyl groups excluding tert-OH is 1. The normalized spacial score (nSPS) is 11.3. The second-order valence-corrected chi connectivity index (χ2v) is 6.81. The molecule has 0 aliphatic rings. The Kier molecular flexibility index (Phi) is 5.91. The lowest BCUT2D eigenvalue weighted by Gasteiger charge is -2.21. The maximum atomic E-state index is 10.00. The van der Waals surface area contributed by atoms with E-state index in [0.29, 0.717) is 18.6 Å². The first-order valence-corrected chi connectivity index (χ1v) is 9.46. The predicted molar refractivity (Wildman–Crippen MR) is 103 cm³/mol. The molecule has 0 saturated heterocycles. The van der Waals surface area contributed by atoms with Gasteiger partial charge in [-0.3, -0.25) is 4.90 Å². The molecule has 1 aromatic heterocycles. The molecule has 3 aromatic rings. The molecule has 5 heteroatoms. The van der Waals surface area contributed by atoms with Crippen molar-refractivity contribution in [3.63, 3.8) is 0 Å². The molecule has 25 heavy (non-hydrogen) atoms. The van der Waals surface area contributed by atoms with Gasteiger partial charge in [0, 0.05) is 29.9 Å². The molecule has 0 saturated carbocycles. The van der Waals surface area contributed by atoms with Crippen molar-refractivity contribution in [1.82, 2.24) is 9.88 Å². The zero-order valence-electron chi connectivity index (χ0n) is 14.2. The van der Waals surface area contributed by atoms with Gasteiger partial charge in [0.2, 0.25) is 0 Å². The SMILES string of the molecule is CSc1ccc(CN(CCO)Cc2ccc3cccc(O)c3n2)cc1. The smallest absolute Gasteiger partial charge is 0.141 e. The fraction of sp³-hybridized carbons (Fsp3) is 0.250. The van der Waals surface area contributed by atoms with Crippen LogP contribution in [-0.2, 0) is 13.1 Å². The zero-order chi connectivity index (χ0) is 17.6. The van der Waals surface area contributed by atoms with Gasteiger partial charge in [-0.2, -0.15) is 0 Å². The van der Waals surface area contributed by atoms with Crippen LogP contribution in [0, 0.1) is 0 Å². The summed E-state index contributed by atoms with van der Waals surface area (Å²) < 4.78 is 0. The molecule has 3 rings (SSSR count). The molecular weight excluding hydrogens is 332 g/mol. The van der Waals surface area contributed by atoms with Crippen molar-refractivity contribution in [3.8, 4) is 5.75 Å². The second kappa shape index (κ2) is 8.34. The van der Waals surface area contributed by atoms with Crippen molar-refractivity contribution in [1.29, 1.82) is 0 Å². The molecular formula is C20H22N2O2S. The number of rotatable bonds is 7. The number of thioether (sulfide) groups is 1. The zero-order valence-corrected chi connectivity index (χ0v) is 15.0. The lowest BCUT2D eigenvalue weighted by atomic mass is 10.1. The van der Waals surface area contributed by atoms with E-state index in [2.05, 4.69) is 40.4 Å². The van der Waals surface area contributed by atoms with E-state index in [9.17, 15) is 10.2 Å². The maximum absolute atomic E-state index is 10.00. The molecule has 0 radical (unpaired) electrons. The number of benzene rings is 2. The Morgan fingerprint density at radius 2 is 1.80 bits per heavy atom. The van der Waals surface area contributed by atoms with E-state index in [1.165, 1.54) is 10.5 Å². The standard InChI is InChI=1S/C20H22N2O2S/c1-25-18-9-5-15(6-10-18)13-22(11-12-23)14-17-8-7-16-3-2-4-19(24)20(16)21-17/h2-10,23-24H,11-14H2,1H3. The Morgan fingerprint density at radius 1 is 1.00 bits per heavy atom. The van der Waals surface area contributed by atoms with E-state index in [1.807, 2.05) is 24.3 Å². The monoisotopic (exact) mass is 354 g/mol. The van der Waals surface area contributed by atoms with Crippen molar-refractivity contribution < 1.29 is 10.2 Å². The van der Waals surface area contributed by atoms with Crippen molar-refractivity contribution in [3.05, 3.63) is 65.9 Å². The molecule has 0 unspecified atom stereocenters. The summed E-state index contributed by atoms with van der Waals surface area (Å²) in [6.45, 7) is 2.04. The molecule has 0 fully saturated rings. The third-order valence-electron chi connectivity index (χ3n) is 4.12. The van der Waals surface area contributed by atoms with Gasteiger partial charge in [-0.05, 0) is 36.1 Å². The van der Waals surface area contributed by atoms with Crippen LogP contribution >= 0.6 is 11.8 Å². The average molecular weight is 354 g/mol. The highest BCUT2D eigenvalue weighted by Crippen LogP contribution is 2.23. The van der Waals surface area contributed by atoms with Crippen LogP contribution in [0.4, 0.5) is 0 Å². The quantitative estimate of drug-likeness (QED) is 0.634. The van der Waals surface area contributed by atoms with Crippen molar-refractivity contribution >= 4 is 22.7 Å². The number of aromatic hydroxyl groups is 1. The summed E-state index contributed by atoms with van der Waals surface area (Å²) in [5, 5.41) is 20.3. The summed E-state index contributed by atoms with van der Waals surface area (Å²) in [6.07, 6.45) is 2.06. The average Bonchev–Trinajstić information content (AvgIpc) is 2.63. The van der Waals surface area contributed by atoms with Crippen LogP contribution in [0.5, 0.6) is 5.75 Å². The Morgan fingerprint density at radius 3 is 2.52 bits per heavy atom. The Labute approximate surface area is 152 Å². The van der Waals surface area contributed by atoms with Crippen LogP contribution in [0.25, 0.3) is 10.9 Å². The van der Waals surface area contributed by atoms with Crippen LogP contribution in [0.3, 0.4) is 0 Å². The number of aromatic nitrogens is 1. The molecule has 2 aromatic carbocycles.